The van der Waals surface area contributed by atoms with E-state index >= 15 is 0 Å². The van der Waals surface area contributed by atoms with Gasteiger partial charge in [0.25, 0.3) is 0 Å². The van der Waals surface area contributed by atoms with Gasteiger partial charge >= 0.3 is 0 Å². The molecule has 2 fully saturated rings. The maximum atomic E-state index is 5.85. The highest BCUT2D eigenvalue weighted by Gasteiger charge is 2.33. The van der Waals surface area contributed by atoms with Crippen molar-refractivity contribution >= 4 is 11.8 Å². The fourth-order valence-electron chi connectivity index (χ4n) is 2.46. The van der Waals surface area contributed by atoms with Crippen LogP contribution in [-0.4, -0.2) is 17.5 Å². The highest BCUT2D eigenvalue weighted by atomic mass is 32.2. The molecule has 1 aliphatic carbocycles. The van der Waals surface area contributed by atoms with Crippen molar-refractivity contribution in [2.75, 3.05) is 12.3 Å². The maximum absolute atomic E-state index is 5.85. The summed E-state index contributed by atoms with van der Waals surface area (Å²) in [5.41, 5.74) is 5.85. The zero-order valence-corrected chi connectivity index (χ0v) is 8.48. The molecule has 1 saturated heterocycles. The Hall–Kier alpha value is 0.310. The lowest BCUT2D eigenvalue weighted by molar-refractivity contribution is 0.205. The lowest BCUT2D eigenvalue weighted by Crippen LogP contribution is -2.34. The third-order valence-corrected chi connectivity index (χ3v) is 5.01. The molecular formula is C10H19NS. The summed E-state index contributed by atoms with van der Waals surface area (Å²) in [4.78, 5) is 0. The molecule has 0 amide bonds. The van der Waals surface area contributed by atoms with Crippen molar-refractivity contribution in [1.82, 2.24) is 0 Å². The molecule has 1 heterocycles. The first kappa shape index (κ1) is 8.89. The SMILES string of the molecule is NCC(C1CCC1)C1CCCS1. The van der Waals surface area contributed by atoms with Gasteiger partial charge in [-0.3, -0.25) is 0 Å². The second-order valence-corrected chi connectivity index (χ2v) is 5.49. The largest absolute Gasteiger partial charge is 0.330 e. The number of thioether (sulfide) groups is 1. The van der Waals surface area contributed by atoms with Gasteiger partial charge in [-0.2, -0.15) is 11.8 Å². The van der Waals surface area contributed by atoms with Gasteiger partial charge in [-0.15, -0.1) is 0 Å². The average molecular weight is 185 g/mol. The second-order valence-electron chi connectivity index (χ2n) is 4.14. The van der Waals surface area contributed by atoms with E-state index in [4.69, 9.17) is 5.73 Å². The summed E-state index contributed by atoms with van der Waals surface area (Å²) in [7, 11) is 0. The fourth-order valence-corrected chi connectivity index (χ4v) is 4.01. The first-order chi connectivity index (χ1) is 5.92. The quantitative estimate of drug-likeness (QED) is 0.730. The molecule has 0 spiro atoms. The van der Waals surface area contributed by atoms with Gasteiger partial charge in [0.05, 0.1) is 0 Å². The molecule has 2 unspecified atom stereocenters. The van der Waals surface area contributed by atoms with Crippen LogP contribution < -0.4 is 5.73 Å². The van der Waals surface area contributed by atoms with Gasteiger partial charge in [-0.1, -0.05) is 19.3 Å². The normalized spacial score (nSPS) is 33.2. The van der Waals surface area contributed by atoms with Crippen LogP contribution in [0.5, 0.6) is 0 Å². The number of nitrogens with two attached hydrogens (primary N) is 1. The van der Waals surface area contributed by atoms with E-state index < -0.39 is 0 Å². The predicted octanol–water partition coefficient (Wildman–Crippen LogP) is 2.26. The molecule has 1 nitrogen and oxygen atoms in total. The maximum Gasteiger partial charge on any atom is 0.00902 e. The van der Waals surface area contributed by atoms with Crippen LogP contribution in [0.15, 0.2) is 0 Å². The Morgan fingerprint density at radius 2 is 2.08 bits per heavy atom. The van der Waals surface area contributed by atoms with Gasteiger partial charge in [0.1, 0.15) is 0 Å². The Morgan fingerprint density at radius 1 is 1.25 bits per heavy atom. The molecule has 70 valence electrons. The molecule has 2 heteroatoms. The number of hydrogen-bond acceptors (Lipinski definition) is 2. The van der Waals surface area contributed by atoms with Crippen LogP contribution in [0.4, 0.5) is 0 Å². The molecule has 0 aromatic rings. The lowest BCUT2D eigenvalue weighted by atomic mass is 9.74. The summed E-state index contributed by atoms with van der Waals surface area (Å²) in [5.74, 6) is 3.23. The predicted molar refractivity (Wildman–Crippen MR) is 55.4 cm³/mol. The Bertz CT molecular complexity index is 139. The Morgan fingerprint density at radius 3 is 2.50 bits per heavy atom. The first-order valence-electron chi connectivity index (χ1n) is 5.23. The van der Waals surface area contributed by atoms with E-state index in [0.29, 0.717) is 0 Å². The van der Waals surface area contributed by atoms with Crippen molar-refractivity contribution in [3.63, 3.8) is 0 Å². The van der Waals surface area contributed by atoms with Gasteiger partial charge in [-0.05, 0) is 37.0 Å². The van der Waals surface area contributed by atoms with Crippen molar-refractivity contribution in [3.05, 3.63) is 0 Å². The van der Waals surface area contributed by atoms with Gasteiger partial charge in [-0.25, -0.2) is 0 Å². The van der Waals surface area contributed by atoms with Gasteiger partial charge < -0.3 is 5.73 Å². The molecule has 1 aliphatic heterocycles. The lowest BCUT2D eigenvalue weighted by Gasteiger charge is -2.36. The fraction of sp³-hybridized carbons (Fsp3) is 1.00. The molecular weight excluding hydrogens is 166 g/mol. The van der Waals surface area contributed by atoms with Crippen LogP contribution in [0, 0.1) is 11.8 Å². The van der Waals surface area contributed by atoms with Crippen LogP contribution in [0.25, 0.3) is 0 Å². The monoisotopic (exact) mass is 185 g/mol. The Kier molecular flexibility index (Phi) is 2.97. The highest BCUT2D eigenvalue weighted by Crippen LogP contribution is 2.42. The minimum atomic E-state index is 0.853. The van der Waals surface area contributed by atoms with Crippen molar-refractivity contribution in [1.29, 1.82) is 0 Å². The van der Waals surface area contributed by atoms with E-state index in [0.717, 1.165) is 23.6 Å². The zero-order valence-electron chi connectivity index (χ0n) is 7.67. The van der Waals surface area contributed by atoms with E-state index in [1.165, 1.54) is 37.9 Å². The summed E-state index contributed by atoms with van der Waals surface area (Å²) in [6, 6.07) is 0. The number of rotatable bonds is 3. The van der Waals surface area contributed by atoms with E-state index in [-0.39, 0.29) is 0 Å². The van der Waals surface area contributed by atoms with Gasteiger partial charge in [0, 0.05) is 5.25 Å². The molecule has 2 aliphatic rings. The van der Waals surface area contributed by atoms with Crippen molar-refractivity contribution in [3.8, 4) is 0 Å². The molecule has 2 N–H and O–H groups in total. The summed E-state index contributed by atoms with van der Waals surface area (Å²) in [6.45, 7) is 0.933. The van der Waals surface area contributed by atoms with E-state index in [1.54, 1.807) is 0 Å². The Balaban J connectivity index is 1.87. The van der Waals surface area contributed by atoms with E-state index in [9.17, 15) is 0 Å². The summed E-state index contributed by atoms with van der Waals surface area (Å²) < 4.78 is 0. The van der Waals surface area contributed by atoms with Crippen LogP contribution in [-0.2, 0) is 0 Å². The van der Waals surface area contributed by atoms with Crippen molar-refractivity contribution in [2.45, 2.75) is 37.4 Å². The zero-order chi connectivity index (χ0) is 8.39. The topological polar surface area (TPSA) is 26.0 Å². The van der Waals surface area contributed by atoms with E-state index in [1.807, 2.05) is 0 Å². The molecule has 1 saturated carbocycles. The highest BCUT2D eigenvalue weighted by molar-refractivity contribution is 8.00. The van der Waals surface area contributed by atoms with Crippen LogP contribution in [0.2, 0.25) is 0 Å². The smallest absolute Gasteiger partial charge is 0.00902 e. The second kappa shape index (κ2) is 4.01. The van der Waals surface area contributed by atoms with Crippen molar-refractivity contribution in [2.24, 2.45) is 17.6 Å². The van der Waals surface area contributed by atoms with E-state index in [2.05, 4.69) is 11.8 Å². The minimum Gasteiger partial charge on any atom is -0.330 e. The standard InChI is InChI=1S/C10H19NS/c11-7-9(8-3-1-4-8)10-5-2-6-12-10/h8-10H,1-7,11H2. The summed E-state index contributed by atoms with van der Waals surface area (Å²) in [5, 5.41) is 0.917. The van der Waals surface area contributed by atoms with Crippen LogP contribution in [0.3, 0.4) is 0 Å². The van der Waals surface area contributed by atoms with Gasteiger partial charge in [0.15, 0.2) is 0 Å². The minimum absolute atomic E-state index is 0.853. The molecule has 2 atom stereocenters. The average Bonchev–Trinajstić information content (AvgIpc) is 2.47. The summed E-state index contributed by atoms with van der Waals surface area (Å²) in [6.07, 6.45) is 7.23. The first-order valence-corrected chi connectivity index (χ1v) is 6.28. The molecule has 0 bridgehead atoms. The van der Waals surface area contributed by atoms with Crippen LogP contribution in [0.1, 0.15) is 32.1 Å². The molecule has 12 heavy (non-hydrogen) atoms. The van der Waals surface area contributed by atoms with Gasteiger partial charge in [0.2, 0.25) is 0 Å². The third kappa shape index (κ3) is 1.64. The molecule has 0 aromatic heterocycles. The summed E-state index contributed by atoms with van der Waals surface area (Å²) >= 11 is 2.17. The third-order valence-electron chi connectivity index (χ3n) is 3.47. The number of hydrogen-bond donors (Lipinski definition) is 1. The molecule has 0 radical (unpaired) electrons. The molecule has 0 aromatic carbocycles. The Labute approximate surface area is 79.5 Å². The van der Waals surface area contributed by atoms with Crippen LogP contribution >= 0.6 is 11.8 Å². The molecule has 2 rings (SSSR count). The van der Waals surface area contributed by atoms with Crippen molar-refractivity contribution < 1.29 is 0 Å².